The zero-order valence-corrected chi connectivity index (χ0v) is 13.4. The number of esters is 1. The van der Waals surface area contributed by atoms with Crippen molar-refractivity contribution in [2.45, 2.75) is 24.3 Å². The zero-order valence-electron chi connectivity index (χ0n) is 12.6. The predicted molar refractivity (Wildman–Crippen MR) is 82.6 cm³/mol. The Morgan fingerprint density at radius 2 is 2.09 bits per heavy atom. The monoisotopic (exact) mass is 333 g/mol. The van der Waals surface area contributed by atoms with E-state index in [0.29, 0.717) is 12.1 Å². The Labute approximate surface area is 134 Å². The van der Waals surface area contributed by atoms with Gasteiger partial charge in [0.05, 0.1) is 12.8 Å². The number of ether oxygens (including phenoxy) is 1. The number of methoxy groups -OCH3 is 1. The van der Waals surface area contributed by atoms with E-state index in [1.54, 1.807) is 18.5 Å². The van der Waals surface area contributed by atoms with Gasteiger partial charge >= 0.3 is 5.97 Å². The van der Waals surface area contributed by atoms with Crippen LogP contribution in [0, 0.1) is 0 Å². The minimum absolute atomic E-state index is 0.0293. The summed E-state index contributed by atoms with van der Waals surface area (Å²) in [6.45, 7) is 1.84. The Balaban J connectivity index is 2.01. The minimum atomic E-state index is -3.76. The van der Waals surface area contributed by atoms with Crippen molar-refractivity contribution in [3.05, 3.63) is 48.0 Å². The lowest BCUT2D eigenvalue weighted by molar-refractivity contribution is 0.0594. The molecule has 0 saturated carbocycles. The third-order valence-corrected chi connectivity index (χ3v) is 5.63. The quantitative estimate of drug-likeness (QED) is 0.789. The molecule has 0 bridgehead atoms. The summed E-state index contributed by atoms with van der Waals surface area (Å²) >= 11 is 0. The predicted octanol–water partition coefficient (Wildman–Crippen LogP) is 1.40. The van der Waals surface area contributed by atoms with Crippen molar-refractivity contribution < 1.29 is 17.9 Å². The van der Waals surface area contributed by atoms with Gasteiger partial charge in [-0.25, -0.2) is 18.2 Å². The van der Waals surface area contributed by atoms with E-state index in [-0.39, 0.29) is 16.6 Å². The van der Waals surface area contributed by atoms with Crippen molar-refractivity contribution in [2.24, 2.45) is 0 Å². The van der Waals surface area contributed by atoms with Crippen molar-refractivity contribution in [3.63, 3.8) is 0 Å². The van der Waals surface area contributed by atoms with Gasteiger partial charge in [-0.2, -0.15) is 0 Å². The second-order valence-corrected chi connectivity index (χ2v) is 7.04. The molecule has 2 aromatic rings. The Morgan fingerprint density at radius 3 is 2.74 bits per heavy atom. The molecule has 3 heterocycles. The molecule has 7 nitrogen and oxygen atoms in total. The Hall–Kier alpha value is -2.48. The highest BCUT2D eigenvalue weighted by molar-refractivity contribution is 7.92. The van der Waals surface area contributed by atoms with Crippen molar-refractivity contribution >= 4 is 21.7 Å². The Bertz CT molecular complexity index is 849. The van der Waals surface area contributed by atoms with E-state index in [0.717, 1.165) is 5.56 Å². The highest BCUT2D eigenvalue weighted by Crippen LogP contribution is 2.35. The average Bonchev–Trinajstić information content (AvgIpc) is 2.90. The van der Waals surface area contributed by atoms with Crippen LogP contribution in [-0.4, -0.2) is 37.5 Å². The van der Waals surface area contributed by atoms with Crippen molar-refractivity contribution in [1.82, 2.24) is 9.97 Å². The van der Waals surface area contributed by atoms with E-state index >= 15 is 0 Å². The van der Waals surface area contributed by atoms with Gasteiger partial charge in [0.2, 0.25) is 0 Å². The van der Waals surface area contributed by atoms with Gasteiger partial charge in [0.1, 0.15) is 10.6 Å². The molecule has 0 fully saturated rings. The van der Waals surface area contributed by atoms with Crippen LogP contribution in [0.2, 0.25) is 0 Å². The molecular formula is C15H15N3O4S. The van der Waals surface area contributed by atoms with Gasteiger partial charge < -0.3 is 4.74 Å². The number of carbonyl (C=O) groups excluding carboxylic acids is 1. The molecule has 0 aromatic carbocycles. The van der Waals surface area contributed by atoms with Crippen LogP contribution < -0.4 is 4.31 Å². The maximum Gasteiger partial charge on any atom is 0.356 e. The first-order valence-corrected chi connectivity index (χ1v) is 8.41. The average molecular weight is 333 g/mol. The van der Waals surface area contributed by atoms with Crippen LogP contribution in [0.5, 0.6) is 0 Å². The number of hydrogen-bond donors (Lipinski definition) is 0. The second-order valence-electron chi connectivity index (χ2n) is 5.23. The van der Waals surface area contributed by atoms with E-state index in [4.69, 9.17) is 0 Å². The van der Waals surface area contributed by atoms with Gasteiger partial charge in [0, 0.05) is 24.6 Å². The summed E-state index contributed by atoms with van der Waals surface area (Å²) in [5.74, 6) is -0.611. The molecule has 0 spiro atoms. The molecule has 0 amide bonds. The normalized spacial score (nSPS) is 17.0. The van der Waals surface area contributed by atoms with E-state index in [1.165, 1.54) is 29.7 Å². The van der Waals surface area contributed by atoms with Crippen molar-refractivity contribution in [3.8, 4) is 0 Å². The van der Waals surface area contributed by atoms with Gasteiger partial charge in [0.25, 0.3) is 10.0 Å². The lowest BCUT2D eigenvalue weighted by atomic mass is 10.2. The highest BCUT2D eigenvalue weighted by Gasteiger charge is 2.36. The first kappa shape index (κ1) is 15.4. The molecule has 1 unspecified atom stereocenters. The van der Waals surface area contributed by atoms with Crippen LogP contribution in [0.1, 0.15) is 23.0 Å². The lowest BCUT2D eigenvalue weighted by Crippen LogP contribution is -2.35. The van der Waals surface area contributed by atoms with Crippen LogP contribution in [0.25, 0.3) is 0 Å². The number of carbonyl (C=O) groups is 1. The number of hydrogen-bond acceptors (Lipinski definition) is 6. The summed E-state index contributed by atoms with van der Waals surface area (Å²) in [7, 11) is -2.52. The number of sulfonamides is 1. The van der Waals surface area contributed by atoms with Crippen LogP contribution in [0.3, 0.4) is 0 Å². The van der Waals surface area contributed by atoms with Crippen molar-refractivity contribution in [2.75, 3.05) is 11.4 Å². The number of rotatable bonds is 3. The van der Waals surface area contributed by atoms with E-state index in [1.807, 2.05) is 6.92 Å². The van der Waals surface area contributed by atoms with Gasteiger partial charge in [-0.15, -0.1) is 0 Å². The minimum Gasteiger partial charge on any atom is -0.464 e. The molecule has 1 atom stereocenters. The summed E-state index contributed by atoms with van der Waals surface area (Å²) < 4.78 is 31.7. The molecule has 23 heavy (non-hydrogen) atoms. The maximum atomic E-state index is 12.9. The number of aromatic nitrogens is 2. The van der Waals surface area contributed by atoms with Gasteiger partial charge in [0.15, 0.2) is 0 Å². The number of pyridine rings is 2. The molecule has 2 aromatic heterocycles. The van der Waals surface area contributed by atoms with Gasteiger partial charge in [-0.3, -0.25) is 9.29 Å². The first-order valence-electron chi connectivity index (χ1n) is 6.97. The molecule has 0 saturated heterocycles. The lowest BCUT2D eigenvalue weighted by Gasteiger charge is -2.24. The summed E-state index contributed by atoms with van der Waals surface area (Å²) in [5.41, 5.74) is 1.58. The van der Waals surface area contributed by atoms with Gasteiger partial charge in [-0.1, -0.05) is 0 Å². The molecule has 0 aliphatic carbocycles. The Kier molecular flexibility index (Phi) is 3.77. The number of fused-ring (bicyclic) bond motifs is 1. The fourth-order valence-electron chi connectivity index (χ4n) is 2.67. The third kappa shape index (κ3) is 2.55. The fourth-order valence-corrected chi connectivity index (χ4v) is 4.31. The van der Waals surface area contributed by atoms with E-state index in [2.05, 4.69) is 14.7 Å². The number of nitrogens with zero attached hydrogens (tertiary/aromatic N) is 3. The highest BCUT2D eigenvalue weighted by atomic mass is 32.2. The van der Waals surface area contributed by atoms with E-state index in [9.17, 15) is 13.2 Å². The Morgan fingerprint density at radius 1 is 1.30 bits per heavy atom. The molecule has 3 rings (SSSR count). The second kappa shape index (κ2) is 5.62. The topological polar surface area (TPSA) is 89.5 Å². The summed E-state index contributed by atoms with van der Waals surface area (Å²) in [5, 5.41) is 0. The van der Waals surface area contributed by atoms with Crippen LogP contribution >= 0.6 is 0 Å². The molecule has 0 N–H and O–H groups in total. The van der Waals surface area contributed by atoms with E-state index < -0.39 is 16.0 Å². The van der Waals surface area contributed by atoms with Crippen LogP contribution in [0.15, 0.2) is 41.7 Å². The SMILES string of the molecule is COC(=O)c1ccc(S(=O)(=O)N2c3ccncc3CC2C)cn1. The number of anilines is 1. The van der Waals surface area contributed by atoms with Crippen LogP contribution in [0.4, 0.5) is 5.69 Å². The largest absolute Gasteiger partial charge is 0.464 e. The standard InChI is InChI=1S/C15H15N3O4S/c1-10-7-11-8-16-6-5-14(11)18(10)23(20,21)12-3-4-13(17-9-12)15(19)22-2/h3-6,8-10H,7H2,1-2H3. The molecule has 120 valence electrons. The summed E-state index contributed by atoms with van der Waals surface area (Å²) in [4.78, 5) is 19.3. The molecular weight excluding hydrogens is 318 g/mol. The molecule has 1 aliphatic heterocycles. The zero-order chi connectivity index (χ0) is 16.6. The summed E-state index contributed by atoms with van der Waals surface area (Å²) in [6.07, 6.45) is 5.03. The molecule has 0 radical (unpaired) electrons. The molecule has 8 heteroatoms. The van der Waals surface area contributed by atoms with Crippen LogP contribution in [-0.2, 0) is 21.2 Å². The summed E-state index contributed by atoms with van der Waals surface area (Å²) in [6, 6.07) is 4.18. The maximum absolute atomic E-state index is 12.9. The van der Waals surface area contributed by atoms with Crippen molar-refractivity contribution in [1.29, 1.82) is 0 Å². The third-order valence-electron chi connectivity index (χ3n) is 3.72. The van der Waals surface area contributed by atoms with Gasteiger partial charge in [-0.05, 0) is 37.1 Å². The smallest absolute Gasteiger partial charge is 0.356 e. The fraction of sp³-hybridized carbons (Fsp3) is 0.267. The molecule has 1 aliphatic rings. The first-order chi connectivity index (χ1) is 10.9.